The van der Waals surface area contributed by atoms with E-state index in [1.807, 2.05) is 18.2 Å². The molecule has 1 rings (SSSR count). The first-order valence-electron chi connectivity index (χ1n) is 4.21. The van der Waals surface area contributed by atoms with Crippen LogP contribution in [0, 0.1) is 0 Å². The molecule has 2 unspecified atom stereocenters. The van der Waals surface area contributed by atoms with Gasteiger partial charge in [-0.25, -0.2) is 0 Å². The summed E-state index contributed by atoms with van der Waals surface area (Å²) < 4.78 is 0. The molecule has 2 heteroatoms. The van der Waals surface area contributed by atoms with Gasteiger partial charge in [0.05, 0.1) is 0 Å². The fourth-order valence-corrected chi connectivity index (χ4v) is 1.25. The Balaban J connectivity index is 2.59. The van der Waals surface area contributed by atoms with Crippen molar-refractivity contribution < 1.29 is 0 Å². The fraction of sp³-hybridized carbons (Fsp3) is 0.273. The predicted octanol–water partition coefficient (Wildman–Crippen LogP) is 4.25. The standard InChI is InChI=1S/C11H12Br2/c1-9(12)11(13)8-7-10-5-3-2-4-6-10/h2-9,11H,1H3/b8-7+. The number of rotatable bonds is 3. The number of benzene rings is 1. The molecule has 0 nitrogen and oxygen atoms in total. The van der Waals surface area contributed by atoms with Crippen LogP contribution in [0.5, 0.6) is 0 Å². The van der Waals surface area contributed by atoms with Crippen molar-refractivity contribution in [1.82, 2.24) is 0 Å². The van der Waals surface area contributed by atoms with Crippen molar-refractivity contribution in [2.45, 2.75) is 16.6 Å². The largest absolute Gasteiger partial charge is 0.0878 e. The zero-order valence-electron chi connectivity index (χ0n) is 7.45. The molecule has 0 saturated carbocycles. The average molecular weight is 304 g/mol. The van der Waals surface area contributed by atoms with Crippen LogP contribution in [0.1, 0.15) is 12.5 Å². The molecule has 0 spiro atoms. The molecular weight excluding hydrogens is 292 g/mol. The van der Waals surface area contributed by atoms with E-state index in [-0.39, 0.29) is 0 Å². The lowest BCUT2D eigenvalue weighted by molar-refractivity contribution is 1.04. The predicted molar refractivity (Wildman–Crippen MR) is 66.6 cm³/mol. The Morgan fingerprint density at radius 2 is 1.77 bits per heavy atom. The van der Waals surface area contributed by atoms with E-state index in [0.29, 0.717) is 9.65 Å². The van der Waals surface area contributed by atoms with Gasteiger partial charge in [0.2, 0.25) is 0 Å². The molecule has 0 aliphatic carbocycles. The molecule has 0 aliphatic heterocycles. The van der Waals surface area contributed by atoms with Crippen molar-refractivity contribution in [3.8, 4) is 0 Å². The third-order valence-electron chi connectivity index (χ3n) is 1.71. The molecule has 0 N–H and O–H groups in total. The first-order chi connectivity index (χ1) is 6.20. The Bertz CT molecular complexity index is 265. The van der Waals surface area contributed by atoms with Gasteiger partial charge in [0.1, 0.15) is 0 Å². The number of alkyl halides is 2. The molecule has 2 atom stereocenters. The summed E-state index contributed by atoms with van der Waals surface area (Å²) in [4.78, 5) is 0.833. The maximum absolute atomic E-state index is 3.57. The maximum Gasteiger partial charge on any atom is 0.0451 e. The van der Waals surface area contributed by atoms with E-state index in [0.717, 1.165) is 0 Å². The van der Waals surface area contributed by atoms with Gasteiger partial charge in [0.15, 0.2) is 0 Å². The number of hydrogen-bond donors (Lipinski definition) is 0. The smallest absolute Gasteiger partial charge is 0.0451 e. The molecule has 1 aromatic carbocycles. The highest BCUT2D eigenvalue weighted by atomic mass is 79.9. The second-order valence-electron chi connectivity index (χ2n) is 2.89. The minimum absolute atomic E-state index is 0.382. The van der Waals surface area contributed by atoms with Gasteiger partial charge in [-0.15, -0.1) is 0 Å². The summed E-state index contributed by atoms with van der Waals surface area (Å²) in [6, 6.07) is 10.3. The average Bonchev–Trinajstić information content (AvgIpc) is 2.15. The van der Waals surface area contributed by atoms with E-state index < -0.39 is 0 Å². The van der Waals surface area contributed by atoms with Crippen LogP contribution in [0.25, 0.3) is 6.08 Å². The summed E-state index contributed by atoms with van der Waals surface area (Å²) in [7, 11) is 0. The molecule has 0 fully saturated rings. The van der Waals surface area contributed by atoms with E-state index in [1.165, 1.54) is 5.56 Å². The highest BCUT2D eigenvalue weighted by Crippen LogP contribution is 2.16. The third-order valence-corrected chi connectivity index (χ3v) is 4.09. The minimum Gasteiger partial charge on any atom is -0.0878 e. The highest BCUT2D eigenvalue weighted by Gasteiger charge is 2.04. The summed E-state index contributed by atoms with van der Waals surface area (Å²) >= 11 is 7.08. The Hall–Kier alpha value is -0.0800. The van der Waals surface area contributed by atoms with Crippen LogP contribution in [0.15, 0.2) is 36.4 Å². The van der Waals surface area contributed by atoms with Crippen LogP contribution in [0.4, 0.5) is 0 Å². The molecule has 13 heavy (non-hydrogen) atoms. The van der Waals surface area contributed by atoms with Crippen LogP contribution in [-0.2, 0) is 0 Å². The van der Waals surface area contributed by atoms with Gasteiger partial charge in [0.25, 0.3) is 0 Å². The van der Waals surface area contributed by atoms with Crippen molar-refractivity contribution in [2.24, 2.45) is 0 Å². The maximum atomic E-state index is 3.57. The molecule has 0 saturated heterocycles. The Morgan fingerprint density at radius 3 is 2.31 bits per heavy atom. The Morgan fingerprint density at radius 1 is 1.15 bits per heavy atom. The topological polar surface area (TPSA) is 0 Å². The molecule has 1 aromatic rings. The van der Waals surface area contributed by atoms with Crippen LogP contribution >= 0.6 is 31.9 Å². The van der Waals surface area contributed by atoms with Crippen molar-refractivity contribution in [3.63, 3.8) is 0 Å². The molecule has 0 heterocycles. The second kappa shape index (κ2) is 5.61. The summed E-state index contributed by atoms with van der Waals surface area (Å²) in [5.41, 5.74) is 1.24. The third kappa shape index (κ3) is 4.10. The number of halogens is 2. The summed E-state index contributed by atoms with van der Waals surface area (Å²) in [6.45, 7) is 2.12. The van der Waals surface area contributed by atoms with E-state index in [4.69, 9.17) is 0 Å². The number of allylic oxidation sites excluding steroid dienone is 1. The van der Waals surface area contributed by atoms with Crippen molar-refractivity contribution in [3.05, 3.63) is 42.0 Å². The van der Waals surface area contributed by atoms with Crippen molar-refractivity contribution >= 4 is 37.9 Å². The van der Waals surface area contributed by atoms with E-state index in [9.17, 15) is 0 Å². The van der Waals surface area contributed by atoms with Gasteiger partial charge < -0.3 is 0 Å². The van der Waals surface area contributed by atoms with E-state index in [1.54, 1.807) is 0 Å². The van der Waals surface area contributed by atoms with Gasteiger partial charge in [-0.2, -0.15) is 0 Å². The summed E-state index contributed by atoms with van der Waals surface area (Å²) in [6.07, 6.45) is 4.27. The van der Waals surface area contributed by atoms with Gasteiger partial charge in [0, 0.05) is 9.65 Å². The summed E-state index contributed by atoms with van der Waals surface area (Å²) in [5.74, 6) is 0. The molecule has 0 radical (unpaired) electrons. The molecule has 70 valence electrons. The molecule has 0 aromatic heterocycles. The van der Waals surface area contributed by atoms with Gasteiger partial charge >= 0.3 is 0 Å². The lowest BCUT2D eigenvalue weighted by Crippen LogP contribution is -2.04. The first kappa shape index (κ1) is 11.0. The van der Waals surface area contributed by atoms with Crippen LogP contribution in [0.2, 0.25) is 0 Å². The van der Waals surface area contributed by atoms with Gasteiger partial charge in [-0.1, -0.05) is 81.3 Å². The fourth-order valence-electron chi connectivity index (χ4n) is 0.920. The second-order valence-corrected chi connectivity index (χ2v) is 5.39. The highest BCUT2D eigenvalue weighted by molar-refractivity contribution is 9.12. The van der Waals surface area contributed by atoms with Gasteiger partial charge in [-0.3, -0.25) is 0 Å². The summed E-state index contributed by atoms with van der Waals surface area (Å²) in [5, 5.41) is 0. The zero-order valence-corrected chi connectivity index (χ0v) is 10.6. The SMILES string of the molecule is CC(Br)C(Br)/C=C/c1ccccc1. The number of hydrogen-bond acceptors (Lipinski definition) is 0. The molecule has 0 bridgehead atoms. The van der Waals surface area contributed by atoms with Crippen LogP contribution in [0.3, 0.4) is 0 Å². The van der Waals surface area contributed by atoms with Gasteiger partial charge in [-0.05, 0) is 5.56 Å². The molecular formula is C11H12Br2. The Labute approximate surface area is 96.3 Å². The Kier molecular flexibility index (Phi) is 4.74. The molecule has 0 aliphatic rings. The van der Waals surface area contributed by atoms with Crippen molar-refractivity contribution in [1.29, 1.82) is 0 Å². The normalized spacial score (nSPS) is 15.9. The monoisotopic (exact) mass is 302 g/mol. The first-order valence-corrected chi connectivity index (χ1v) is 6.04. The van der Waals surface area contributed by atoms with E-state index >= 15 is 0 Å². The van der Waals surface area contributed by atoms with Crippen molar-refractivity contribution in [2.75, 3.05) is 0 Å². The lowest BCUT2D eigenvalue weighted by Gasteiger charge is -2.05. The quantitative estimate of drug-likeness (QED) is 0.733. The van der Waals surface area contributed by atoms with Crippen LogP contribution < -0.4 is 0 Å². The molecule has 0 amide bonds. The minimum atomic E-state index is 0.382. The zero-order chi connectivity index (χ0) is 9.68. The van der Waals surface area contributed by atoms with Crippen LogP contribution in [-0.4, -0.2) is 9.65 Å². The van der Waals surface area contributed by atoms with E-state index in [2.05, 4.69) is 63.1 Å². The lowest BCUT2D eigenvalue weighted by atomic mass is 10.2.